The summed E-state index contributed by atoms with van der Waals surface area (Å²) in [7, 11) is 2.07. The number of hydrogen-bond acceptors (Lipinski definition) is 6. The molecule has 35 heavy (non-hydrogen) atoms. The van der Waals surface area contributed by atoms with E-state index < -0.39 is 11.7 Å². The summed E-state index contributed by atoms with van der Waals surface area (Å²) >= 11 is 1.54. The van der Waals surface area contributed by atoms with E-state index in [-0.39, 0.29) is 16.7 Å². The van der Waals surface area contributed by atoms with Gasteiger partial charge >= 0.3 is 6.18 Å². The maximum Gasteiger partial charge on any atom is 0.420 e. The molecule has 4 aromatic heterocycles. The minimum absolute atomic E-state index is 0.00654. The molecular weight excluding hydrogens is 473 g/mol. The fraction of sp³-hybridized carbons (Fsp3) is 0.480. The van der Waals surface area contributed by atoms with Gasteiger partial charge in [-0.1, -0.05) is 11.3 Å². The predicted octanol–water partition coefficient (Wildman–Crippen LogP) is 6.08. The minimum Gasteiger partial charge on any atom is -0.348 e. The van der Waals surface area contributed by atoms with Crippen molar-refractivity contribution >= 4 is 32.3 Å². The number of thiazole rings is 1. The SMILES string of the molecule is Cc1cn2cc(-c3cc4sc(N(C)C5CC(C)(C)NC(C)(C)C5)nc4cn3)cc(C(F)(F)F)c2n1. The van der Waals surface area contributed by atoms with E-state index in [2.05, 4.69) is 54.9 Å². The van der Waals surface area contributed by atoms with E-state index in [1.165, 1.54) is 15.7 Å². The van der Waals surface area contributed by atoms with E-state index in [9.17, 15) is 13.2 Å². The number of nitrogens with one attached hydrogen (secondary N) is 1. The molecule has 10 heteroatoms. The van der Waals surface area contributed by atoms with Crippen molar-refractivity contribution in [1.29, 1.82) is 0 Å². The van der Waals surface area contributed by atoms with E-state index in [0.29, 0.717) is 23.0 Å². The molecule has 1 aliphatic rings. The van der Waals surface area contributed by atoms with Crippen molar-refractivity contribution in [2.75, 3.05) is 11.9 Å². The van der Waals surface area contributed by atoms with Crippen molar-refractivity contribution in [2.24, 2.45) is 0 Å². The third kappa shape index (κ3) is 4.61. The maximum atomic E-state index is 13.8. The number of aromatic nitrogens is 4. The van der Waals surface area contributed by atoms with E-state index in [1.807, 2.05) is 6.07 Å². The number of pyridine rings is 2. The lowest BCUT2D eigenvalue weighted by molar-refractivity contribution is -0.136. The minimum atomic E-state index is -4.52. The van der Waals surface area contributed by atoms with Crippen LogP contribution in [0, 0.1) is 6.92 Å². The van der Waals surface area contributed by atoms with Gasteiger partial charge in [0.2, 0.25) is 0 Å². The quantitative estimate of drug-likeness (QED) is 0.368. The largest absolute Gasteiger partial charge is 0.420 e. The number of anilines is 1. The Hall–Kier alpha value is -2.72. The number of aryl methyl sites for hydroxylation is 1. The smallest absolute Gasteiger partial charge is 0.348 e. The Bertz CT molecular complexity index is 1400. The van der Waals surface area contributed by atoms with Crippen LogP contribution in [0.4, 0.5) is 18.3 Å². The molecule has 1 N–H and O–H groups in total. The summed E-state index contributed by atoms with van der Waals surface area (Å²) in [6, 6.07) is 3.27. The van der Waals surface area contributed by atoms with Gasteiger partial charge in [-0.15, -0.1) is 0 Å². The number of fused-ring (bicyclic) bond motifs is 2. The van der Waals surface area contributed by atoms with Gasteiger partial charge in [0.15, 0.2) is 5.13 Å². The molecule has 0 aliphatic carbocycles. The Morgan fingerprint density at radius 2 is 1.77 bits per heavy atom. The van der Waals surface area contributed by atoms with Gasteiger partial charge in [0.1, 0.15) is 11.2 Å². The summed E-state index contributed by atoms with van der Waals surface area (Å²) in [5.74, 6) is 0. The molecule has 1 fully saturated rings. The Balaban J connectivity index is 1.52. The highest BCUT2D eigenvalue weighted by Crippen LogP contribution is 2.38. The first-order valence-corrected chi connectivity index (χ1v) is 12.4. The molecule has 0 amide bonds. The Kier molecular flexibility index (Phi) is 5.41. The first-order chi connectivity index (χ1) is 16.2. The first-order valence-electron chi connectivity index (χ1n) is 11.6. The number of hydrogen-bond donors (Lipinski definition) is 1. The van der Waals surface area contributed by atoms with Crippen LogP contribution >= 0.6 is 11.3 Å². The van der Waals surface area contributed by atoms with Crippen LogP contribution in [-0.4, -0.2) is 43.5 Å². The monoisotopic (exact) mass is 502 g/mol. The molecule has 0 atom stereocenters. The molecule has 0 unspecified atom stereocenters. The fourth-order valence-electron chi connectivity index (χ4n) is 5.40. The van der Waals surface area contributed by atoms with Gasteiger partial charge in [-0.3, -0.25) is 4.98 Å². The van der Waals surface area contributed by atoms with Crippen LogP contribution in [0.3, 0.4) is 0 Å². The zero-order valence-corrected chi connectivity index (χ0v) is 21.5. The van der Waals surface area contributed by atoms with Crippen LogP contribution in [0.5, 0.6) is 0 Å². The van der Waals surface area contributed by atoms with Crippen molar-refractivity contribution < 1.29 is 13.2 Å². The lowest BCUT2D eigenvalue weighted by Gasteiger charge is -2.48. The van der Waals surface area contributed by atoms with Gasteiger partial charge in [-0.25, -0.2) is 9.97 Å². The number of piperidine rings is 1. The standard InChI is InChI=1S/C25H29F3N6S/c1-14-12-34-13-15(7-17(21(34)30-14)25(26,27)28)18-8-20-19(11-29-18)31-22(35-20)33(6)16-9-23(2,3)32-24(4,5)10-16/h7-8,11-13,16,32H,9-10H2,1-6H3. The van der Waals surface area contributed by atoms with E-state index >= 15 is 0 Å². The normalized spacial score (nSPS) is 18.4. The second kappa shape index (κ2) is 7.89. The molecule has 6 nitrogen and oxygen atoms in total. The molecule has 0 radical (unpaired) electrons. The summed E-state index contributed by atoms with van der Waals surface area (Å²) in [6.07, 6.45) is 2.33. The van der Waals surface area contributed by atoms with Gasteiger partial charge in [0, 0.05) is 42.1 Å². The topological polar surface area (TPSA) is 58.4 Å². The third-order valence-electron chi connectivity index (χ3n) is 6.55. The first kappa shape index (κ1) is 24.0. The van der Waals surface area contributed by atoms with Crippen LogP contribution in [0.25, 0.3) is 27.1 Å². The summed E-state index contributed by atoms with van der Waals surface area (Å²) in [5, 5.41) is 4.59. The average molecular weight is 503 g/mol. The molecule has 0 saturated carbocycles. The van der Waals surface area contributed by atoms with Crippen molar-refractivity contribution in [1.82, 2.24) is 24.7 Å². The second-order valence-electron chi connectivity index (χ2n) is 10.9. The number of alkyl halides is 3. The van der Waals surface area contributed by atoms with E-state index in [4.69, 9.17) is 4.98 Å². The van der Waals surface area contributed by atoms with Gasteiger partial charge in [-0.2, -0.15) is 13.2 Å². The number of halogens is 3. The molecule has 186 valence electrons. The lowest BCUT2D eigenvalue weighted by atomic mass is 9.79. The predicted molar refractivity (Wildman–Crippen MR) is 134 cm³/mol. The number of imidazole rings is 1. The van der Waals surface area contributed by atoms with Gasteiger partial charge in [0.05, 0.1) is 27.8 Å². The van der Waals surface area contributed by atoms with Gasteiger partial charge in [-0.05, 0) is 59.6 Å². The average Bonchev–Trinajstić information content (AvgIpc) is 3.30. The molecule has 4 aromatic rings. The summed E-state index contributed by atoms with van der Waals surface area (Å²) in [6.45, 7) is 10.6. The molecule has 1 saturated heterocycles. The van der Waals surface area contributed by atoms with E-state index in [0.717, 1.165) is 34.3 Å². The summed E-state index contributed by atoms with van der Waals surface area (Å²) in [5.41, 5.74) is 1.26. The molecule has 5 rings (SSSR count). The zero-order valence-electron chi connectivity index (χ0n) is 20.7. The molecule has 1 aliphatic heterocycles. The van der Waals surface area contributed by atoms with E-state index in [1.54, 1.807) is 25.5 Å². The van der Waals surface area contributed by atoms with Crippen LogP contribution in [0.2, 0.25) is 0 Å². The van der Waals surface area contributed by atoms with Crippen LogP contribution < -0.4 is 10.2 Å². The van der Waals surface area contributed by atoms with Gasteiger partial charge < -0.3 is 14.6 Å². The molecule has 5 heterocycles. The third-order valence-corrected chi connectivity index (χ3v) is 7.66. The number of nitrogens with zero attached hydrogens (tertiary/aromatic N) is 5. The highest BCUT2D eigenvalue weighted by molar-refractivity contribution is 7.22. The van der Waals surface area contributed by atoms with Crippen molar-refractivity contribution in [3.63, 3.8) is 0 Å². The number of rotatable bonds is 3. The molecule has 0 aromatic carbocycles. The van der Waals surface area contributed by atoms with Crippen LogP contribution in [0.1, 0.15) is 51.8 Å². The highest BCUT2D eigenvalue weighted by Gasteiger charge is 2.40. The fourth-order valence-corrected chi connectivity index (χ4v) is 6.40. The van der Waals surface area contributed by atoms with Gasteiger partial charge in [0.25, 0.3) is 0 Å². The Morgan fingerprint density at radius 3 is 2.43 bits per heavy atom. The highest BCUT2D eigenvalue weighted by atomic mass is 32.1. The molecule has 0 spiro atoms. The summed E-state index contributed by atoms with van der Waals surface area (Å²) in [4.78, 5) is 15.5. The maximum absolute atomic E-state index is 13.8. The Morgan fingerprint density at radius 1 is 1.09 bits per heavy atom. The second-order valence-corrected chi connectivity index (χ2v) is 11.9. The van der Waals surface area contributed by atoms with Crippen molar-refractivity contribution in [3.05, 3.63) is 42.0 Å². The van der Waals surface area contributed by atoms with Crippen LogP contribution in [-0.2, 0) is 6.18 Å². The Labute approximate surface area is 206 Å². The van der Waals surface area contributed by atoms with Crippen LogP contribution in [0.15, 0.2) is 30.7 Å². The van der Waals surface area contributed by atoms with Crippen molar-refractivity contribution in [3.8, 4) is 11.3 Å². The molecular formula is C25H29F3N6S. The lowest BCUT2D eigenvalue weighted by Crippen LogP contribution is -2.61. The summed E-state index contributed by atoms with van der Waals surface area (Å²) < 4.78 is 43.6. The molecule has 0 bridgehead atoms. The zero-order chi connectivity index (χ0) is 25.3. The van der Waals surface area contributed by atoms with Crippen molar-refractivity contribution in [2.45, 2.75) is 70.8 Å².